The number of hydrogen-bond acceptors (Lipinski definition) is 5. The second-order valence-corrected chi connectivity index (χ2v) is 9.86. The van der Waals surface area contributed by atoms with E-state index in [2.05, 4.69) is 23.9 Å². The van der Waals surface area contributed by atoms with Crippen molar-refractivity contribution in [3.05, 3.63) is 29.8 Å². The minimum absolute atomic E-state index is 0.0743. The van der Waals surface area contributed by atoms with Gasteiger partial charge in [0.1, 0.15) is 0 Å². The number of carbonyl (C=O) groups excluding carboxylic acids is 1. The molecule has 0 spiro atoms. The summed E-state index contributed by atoms with van der Waals surface area (Å²) in [6.45, 7) is 2.55. The van der Waals surface area contributed by atoms with Crippen LogP contribution >= 0.6 is 0 Å². The summed E-state index contributed by atoms with van der Waals surface area (Å²) in [5.41, 5.74) is 1.63. The maximum atomic E-state index is 13.1. The summed E-state index contributed by atoms with van der Waals surface area (Å²) in [7, 11) is 1.24. The number of sulfone groups is 1. The van der Waals surface area contributed by atoms with Crippen LogP contribution in [0.4, 0.5) is 5.69 Å². The van der Waals surface area contributed by atoms with Gasteiger partial charge in [0.2, 0.25) is 0 Å². The lowest BCUT2D eigenvalue weighted by Crippen LogP contribution is -2.42. The molecule has 144 valence electrons. The predicted octanol–water partition coefficient (Wildman–Crippen LogP) is 1.48. The van der Waals surface area contributed by atoms with E-state index in [1.165, 1.54) is 0 Å². The normalized spacial score (nSPS) is 23.7. The second-order valence-electron chi connectivity index (χ2n) is 7.55. The summed E-state index contributed by atoms with van der Waals surface area (Å²) in [5, 5.41) is 0. The molecule has 2 fully saturated rings. The lowest BCUT2D eigenvalue weighted by atomic mass is 10.1. The molecule has 2 heterocycles. The number of carbonyl (C=O) groups is 1. The highest BCUT2D eigenvalue weighted by Crippen LogP contribution is 2.21. The Morgan fingerprint density at radius 1 is 1.12 bits per heavy atom. The molecule has 2 saturated heterocycles. The van der Waals surface area contributed by atoms with Crippen molar-refractivity contribution in [3.63, 3.8) is 0 Å². The van der Waals surface area contributed by atoms with Crippen molar-refractivity contribution in [2.24, 2.45) is 0 Å². The number of amides is 1. The fourth-order valence-electron chi connectivity index (χ4n) is 3.71. The van der Waals surface area contributed by atoms with Crippen molar-refractivity contribution in [1.29, 1.82) is 0 Å². The molecule has 2 aliphatic rings. The number of nitrogens with zero attached hydrogens (tertiary/aromatic N) is 3. The van der Waals surface area contributed by atoms with Crippen LogP contribution in [0, 0.1) is 0 Å². The maximum absolute atomic E-state index is 13.1. The highest BCUT2D eigenvalue weighted by Gasteiger charge is 2.25. The third kappa shape index (κ3) is 4.57. The first-order valence-electron chi connectivity index (χ1n) is 9.37. The molecule has 0 radical (unpaired) electrons. The number of hydrogen-bond donors (Lipinski definition) is 0. The van der Waals surface area contributed by atoms with Gasteiger partial charge in [-0.1, -0.05) is 12.5 Å². The van der Waals surface area contributed by atoms with E-state index < -0.39 is 9.84 Å². The van der Waals surface area contributed by atoms with Crippen LogP contribution in [-0.4, -0.2) is 81.9 Å². The Hall–Kier alpha value is -1.60. The Morgan fingerprint density at radius 2 is 1.85 bits per heavy atom. The van der Waals surface area contributed by atoms with Gasteiger partial charge in [-0.25, -0.2) is 8.42 Å². The lowest BCUT2D eigenvalue weighted by Gasteiger charge is -2.30. The van der Waals surface area contributed by atoms with E-state index in [1.807, 2.05) is 29.2 Å². The molecule has 0 aliphatic carbocycles. The van der Waals surface area contributed by atoms with E-state index in [-0.39, 0.29) is 17.4 Å². The molecular weight excluding hydrogens is 350 g/mol. The molecule has 0 N–H and O–H groups in total. The third-order valence-corrected chi connectivity index (χ3v) is 7.08. The van der Waals surface area contributed by atoms with E-state index in [0.29, 0.717) is 24.7 Å². The fourth-order valence-corrected chi connectivity index (χ4v) is 4.92. The monoisotopic (exact) mass is 379 g/mol. The first-order chi connectivity index (χ1) is 12.4. The van der Waals surface area contributed by atoms with Crippen molar-refractivity contribution in [2.45, 2.75) is 25.3 Å². The number of anilines is 1. The zero-order chi connectivity index (χ0) is 18.7. The van der Waals surface area contributed by atoms with Gasteiger partial charge in [-0.15, -0.1) is 0 Å². The fraction of sp³-hybridized carbons (Fsp3) is 0.632. The number of likely N-dealkylation sites (tertiary alicyclic amines) is 1. The summed E-state index contributed by atoms with van der Waals surface area (Å²) < 4.78 is 23.3. The highest BCUT2D eigenvalue weighted by molar-refractivity contribution is 7.91. The highest BCUT2D eigenvalue weighted by atomic mass is 32.2. The van der Waals surface area contributed by atoms with Crippen LogP contribution in [0.3, 0.4) is 0 Å². The van der Waals surface area contributed by atoms with Gasteiger partial charge in [-0.3, -0.25) is 4.79 Å². The minimum atomic E-state index is -2.91. The first kappa shape index (κ1) is 19.2. The lowest BCUT2D eigenvalue weighted by molar-refractivity contribution is 0.0725. The molecule has 3 rings (SSSR count). The van der Waals surface area contributed by atoms with Crippen LogP contribution in [0.5, 0.6) is 0 Å². The van der Waals surface area contributed by atoms with E-state index in [1.54, 1.807) is 0 Å². The molecular formula is C19H29N3O3S. The second kappa shape index (κ2) is 7.96. The summed E-state index contributed by atoms with van der Waals surface area (Å²) in [5.74, 6) is 0.439. The van der Waals surface area contributed by atoms with Crippen LogP contribution in [0.2, 0.25) is 0 Å². The van der Waals surface area contributed by atoms with E-state index in [4.69, 9.17) is 0 Å². The van der Waals surface area contributed by atoms with Crippen molar-refractivity contribution in [1.82, 2.24) is 9.80 Å². The molecule has 26 heavy (non-hydrogen) atoms. The maximum Gasteiger partial charge on any atom is 0.253 e. The van der Waals surface area contributed by atoms with Crippen LogP contribution in [0.15, 0.2) is 24.3 Å². The zero-order valence-corrected chi connectivity index (χ0v) is 16.5. The van der Waals surface area contributed by atoms with Crippen LogP contribution < -0.4 is 4.90 Å². The van der Waals surface area contributed by atoms with E-state index in [0.717, 1.165) is 38.0 Å². The Balaban J connectivity index is 1.73. The van der Waals surface area contributed by atoms with Crippen molar-refractivity contribution in [2.75, 3.05) is 56.7 Å². The molecule has 1 aromatic rings. The standard InChI is InChI=1S/C19H29N3O3S/c1-20(2)18-7-3-4-9-22(15-18)19(23)16-6-5-8-17(14-16)21-10-12-26(24,25)13-11-21/h5-6,8,14,18H,3-4,7,9-13,15H2,1-2H3/t18-/m0/s1. The third-order valence-electron chi connectivity index (χ3n) is 5.47. The minimum Gasteiger partial charge on any atom is -0.369 e. The molecule has 0 aromatic heterocycles. The molecule has 0 bridgehead atoms. The van der Waals surface area contributed by atoms with Gasteiger partial charge >= 0.3 is 0 Å². The van der Waals surface area contributed by atoms with Gasteiger partial charge in [0, 0.05) is 43.5 Å². The quantitative estimate of drug-likeness (QED) is 0.796. The van der Waals surface area contributed by atoms with Crippen molar-refractivity contribution >= 4 is 21.4 Å². The Labute approximate surface area is 156 Å². The summed E-state index contributed by atoms with van der Waals surface area (Å²) in [4.78, 5) is 19.3. The average molecular weight is 380 g/mol. The SMILES string of the molecule is CN(C)[C@H]1CCCCN(C(=O)c2cccc(N3CCS(=O)(=O)CC3)c2)C1. The van der Waals surface area contributed by atoms with E-state index >= 15 is 0 Å². The molecule has 1 aromatic carbocycles. The van der Waals surface area contributed by atoms with Crippen LogP contribution in [-0.2, 0) is 9.84 Å². The molecule has 0 saturated carbocycles. The largest absolute Gasteiger partial charge is 0.369 e. The topological polar surface area (TPSA) is 60.9 Å². The average Bonchev–Trinajstić information content (AvgIpc) is 2.87. The molecule has 1 atom stereocenters. The first-order valence-corrected chi connectivity index (χ1v) is 11.2. The molecule has 6 nitrogen and oxygen atoms in total. The molecule has 7 heteroatoms. The summed E-state index contributed by atoms with van der Waals surface area (Å²) in [6, 6.07) is 8.03. The van der Waals surface area contributed by atoms with Gasteiger partial charge in [0.05, 0.1) is 11.5 Å². The number of rotatable bonds is 3. The molecule has 0 unspecified atom stereocenters. The van der Waals surface area contributed by atoms with Gasteiger partial charge < -0.3 is 14.7 Å². The molecule has 2 aliphatic heterocycles. The Kier molecular flexibility index (Phi) is 5.87. The van der Waals surface area contributed by atoms with Gasteiger partial charge in [0.15, 0.2) is 9.84 Å². The van der Waals surface area contributed by atoms with Crippen molar-refractivity contribution in [3.8, 4) is 0 Å². The predicted molar refractivity (Wildman–Crippen MR) is 105 cm³/mol. The Morgan fingerprint density at radius 3 is 2.54 bits per heavy atom. The van der Waals surface area contributed by atoms with Crippen LogP contribution in [0.25, 0.3) is 0 Å². The summed E-state index contributed by atoms with van der Waals surface area (Å²) >= 11 is 0. The number of likely N-dealkylation sites (N-methyl/N-ethyl adjacent to an activating group) is 1. The zero-order valence-electron chi connectivity index (χ0n) is 15.7. The number of benzene rings is 1. The Bertz CT molecular complexity index is 734. The van der Waals surface area contributed by atoms with Gasteiger partial charge in [0.25, 0.3) is 5.91 Å². The smallest absolute Gasteiger partial charge is 0.253 e. The molecule has 1 amide bonds. The van der Waals surface area contributed by atoms with Gasteiger partial charge in [-0.05, 0) is 45.1 Å². The van der Waals surface area contributed by atoms with E-state index in [9.17, 15) is 13.2 Å². The van der Waals surface area contributed by atoms with Crippen molar-refractivity contribution < 1.29 is 13.2 Å². The van der Waals surface area contributed by atoms with Crippen LogP contribution in [0.1, 0.15) is 29.6 Å². The summed E-state index contributed by atoms with van der Waals surface area (Å²) in [6.07, 6.45) is 3.31. The van der Waals surface area contributed by atoms with Gasteiger partial charge in [-0.2, -0.15) is 0 Å².